The van der Waals surface area contributed by atoms with Gasteiger partial charge in [-0.05, 0) is 64.2 Å². The Bertz CT molecular complexity index is 558. The van der Waals surface area contributed by atoms with Crippen molar-refractivity contribution in [2.45, 2.75) is 46.1 Å². The van der Waals surface area contributed by atoms with E-state index in [-0.39, 0.29) is 6.09 Å². The zero-order chi connectivity index (χ0) is 17.7. The van der Waals surface area contributed by atoms with Crippen LogP contribution < -0.4 is 10.1 Å². The first-order valence-corrected chi connectivity index (χ1v) is 8.65. The van der Waals surface area contributed by atoms with Crippen LogP contribution in [-0.4, -0.2) is 43.3 Å². The zero-order valence-corrected chi connectivity index (χ0v) is 15.5. The number of nitrogens with one attached hydrogen (secondary N) is 1. The van der Waals surface area contributed by atoms with Crippen molar-refractivity contribution in [3.8, 4) is 5.75 Å². The number of ether oxygens (including phenoxy) is 2. The fourth-order valence-corrected chi connectivity index (χ4v) is 2.84. The van der Waals surface area contributed by atoms with Gasteiger partial charge < -0.3 is 19.7 Å². The van der Waals surface area contributed by atoms with E-state index in [1.54, 1.807) is 7.11 Å². The summed E-state index contributed by atoms with van der Waals surface area (Å²) in [4.78, 5) is 13.9. The van der Waals surface area contributed by atoms with E-state index in [2.05, 4.69) is 24.4 Å². The largest absolute Gasteiger partial charge is 0.495 e. The average Bonchev–Trinajstić information content (AvgIpc) is 2.52. The number of carbonyl (C=O) groups is 1. The fraction of sp³-hybridized carbons (Fsp3) is 0.632. The van der Waals surface area contributed by atoms with Crippen LogP contribution in [0.1, 0.15) is 39.2 Å². The highest BCUT2D eigenvalue weighted by Crippen LogP contribution is 2.27. The number of nitrogens with zero attached hydrogens (tertiary/aromatic N) is 1. The molecule has 1 aliphatic heterocycles. The van der Waals surface area contributed by atoms with Gasteiger partial charge in [-0.25, -0.2) is 4.79 Å². The molecule has 1 aromatic carbocycles. The lowest BCUT2D eigenvalue weighted by Gasteiger charge is -2.33. The van der Waals surface area contributed by atoms with Crippen LogP contribution in [0.15, 0.2) is 18.2 Å². The quantitative estimate of drug-likeness (QED) is 0.902. The van der Waals surface area contributed by atoms with Crippen molar-refractivity contribution in [2.75, 3.05) is 32.1 Å². The smallest absolute Gasteiger partial charge is 0.410 e. The number of likely N-dealkylation sites (tertiary alicyclic amines) is 1. The molecule has 0 unspecified atom stereocenters. The van der Waals surface area contributed by atoms with Gasteiger partial charge in [-0.2, -0.15) is 0 Å². The number of aryl methyl sites for hydroxylation is 1. The van der Waals surface area contributed by atoms with Crippen LogP contribution in [0.5, 0.6) is 5.75 Å². The van der Waals surface area contributed by atoms with Gasteiger partial charge in [0.15, 0.2) is 0 Å². The monoisotopic (exact) mass is 334 g/mol. The summed E-state index contributed by atoms with van der Waals surface area (Å²) in [6.07, 6.45) is 1.77. The molecular weight excluding hydrogens is 304 g/mol. The molecule has 2 rings (SSSR count). The third kappa shape index (κ3) is 5.32. The SMILES string of the molecule is COc1cc(C)ccc1NCC1CCN(C(=O)OC(C)(C)C)CC1. The first kappa shape index (κ1) is 18.4. The first-order chi connectivity index (χ1) is 11.3. The molecule has 1 amide bonds. The summed E-state index contributed by atoms with van der Waals surface area (Å²) in [5.74, 6) is 1.43. The summed E-state index contributed by atoms with van der Waals surface area (Å²) in [5.41, 5.74) is 1.78. The number of amides is 1. The molecule has 5 nitrogen and oxygen atoms in total. The lowest BCUT2D eigenvalue weighted by atomic mass is 9.97. The molecule has 134 valence electrons. The molecule has 0 spiro atoms. The lowest BCUT2D eigenvalue weighted by Crippen LogP contribution is -2.42. The highest BCUT2D eigenvalue weighted by Gasteiger charge is 2.26. The van der Waals surface area contributed by atoms with Crippen LogP contribution in [0.2, 0.25) is 0 Å². The maximum Gasteiger partial charge on any atom is 0.410 e. The van der Waals surface area contributed by atoms with Gasteiger partial charge in [0.1, 0.15) is 11.4 Å². The topological polar surface area (TPSA) is 50.8 Å². The fourth-order valence-electron chi connectivity index (χ4n) is 2.84. The number of carbonyl (C=O) groups excluding carboxylic acids is 1. The molecule has 1 aromatic rings. The Balaban J connectivity index is 1.80. The van der Waals surface area contributed by atoms with Crippen molar-refractivity contribution in [1.29, 1.82) is 0 Å². The summed E-state index contributed by atoms with van der Waals surface area (Å²) in [5, 5.41) is 3.48. The van der Waals surface area contributed by atoms with Crippen molar-refractivity contribution >= 4 is 11.8 Å². The highest BCUT2D eigenvalue weighted by molar-refractivity contribution is 5.68. The van der Waals surface area contributed by atoms with Crippen LogP contribution in [-0.2, 0) is 4.74 Å². The molecule has 0 atom stereocenters. The molecule has 0 bridgehead atoms. The minimum atomic E-state index is -0.433. The van der Waals surface area contributed by atoms with Crippen LogP contribution in [0.25, 0.3) is 0 Å². The van der Waals surface area contributed by atoms with Gasteiger partial charge in [-0.15, -0.1) is 0 Å². The van der Waals surface area contributed by atoms with E-state index in [1.807, 2.05) is 31.7 Å². The molecule has 1 heterocycles. The number of rotatable bonds is 4. The van der Waals surface area contributed by atoms with Crippen LogP contribution >= 0.6 is 0 Å². The van der Waals surface area contributed by atoms with Gasteiger partial charge in [0.2, 0.25) is 0 Å². The van der Waals surface area contributed by atoms with Crippen molar-refractivity contribution < 1.29 is 14.3 Å². The van der Waals surface area contributed by atoms with E-state index in [0.717, 1.165) is 43.9 Å². The number of hydrogen-bond acceptors (Lipinski definition) is 4. The van der Waals surface area contributed by atoms with Gasteiger partial charge in [-0.3, -0.25) is 0 Å². The molecule has 1 aliphatic rings. The second kappa shape index (κ2) is 7.77. The second-order valence-electron chi connectivity index (χ2n) is 7.50. The molecule has 0 radical (unpaired) electrons. The Morgan fingerprint density at radius 2 is 1.96 bits per heavy atom. The third-order valence-corrected chi connectivity index (χ3v) is 4.20. The van der Waals surface area contributed by atoms with E-state index >= 15 is 0 Å². The zero-order valence-electron chi connectivity index (χ0n) is 15.5. The van der Waals surface area contributed by atoms with Gasteiger partial charge in [0.25, 0.3) is 0 Å². The Kier molecular flexibility index (Phi) is 5.97. The summed E-state index contributed by atoms with van der Waals surface area (Å²) in [7, 11) is 1.69. The van der Waals surface area contributed by atoms with Crippen molar-refractivity contribution in [3.05, 3.63) is 23.8 Å². The summed E-state index contributed by atoms with van der Waals surface area (Å²) in [6.45, 7) is 10.2. The second-order valence-corrected chi connectivity index (χ2v) is 7.50. The van der Waals surface area contributed by atoms with Gasteiger partial charge in [-0.1, -0.05) is 6.07 Å². The standard InChI is InChI=1S/C19H30N2O3/c1-14-6-7-16(17(12-14)23-5)20-13-15-8-10-21(11-9-15)18(22)24-19(2,3)4/h6-7,12,15,20H,8-11,13H2,1-5H3. The predicted molar refractivity (Wildman–Crippen MR) is 96.8 cm³/mol. The number of benzene rings is 1. The van der Waals surface area contributed by atoms with E-state index in [0.29, 0.717) is 5.92 Å². The van der Waals surface area contributed by atoms with Crippen LogP contribution in [0.4, 0.5) is 10.5 Å². The predicted octanol–water partition coefficient (Wildman–Crippen LogP) is 4.06. The number of piperidine rings is 1. The van der Waals surface area contributed by atoms with Crippen LogP contribution in [0, 0.1) is 12.8 Å². The molecule has 1 fully saturated rings. The molecular formula is C19H30N2O3. The lowest BCUT2D eigenvalue weighted by molar-refractivity contribution is 0.0188. The molecule has 1 saturated heterocycles. The Hall–Kier alpha value is -1.91. The summed E-state index contributed by atoms with van der Waals surface area (Å²) < 4.78 is 10.9. The third-order valence-electron chi connectivity index (χ3n) is 4.20. The average molecular weight is 334 g/mol. The van der Waals surface area contributed by atoms with Crippen molar-refractivity contribution in [3.63, 3.8) is 0 Å². The van der Waals surface area contributed by atoms with E-state index in [9.17, 15) is 4.79 Å². The Labute approximate surface area is 145 Å². The Morgan fingerprint density at radius 1 is 1.29 bits per heavy atom. The van der Waals surface area contributed by atoms with Gasteiger partial charge >= 0.3 is 6.09 Å². The van der Waals surface area contributed by atoms with Crippen LogP contribution in [0.3, 0.4) is 0 Å². The minimum absolute atomic E-state index is 0.200. The van der Waals surface area contributed by atoms with E-state index in [1.165, 1.54) is 5.56 Å². The number of methoxy groups -OCH3 is 1. The number of anilines is 1. The summed E-state index contributed by atoms with van der Waals surface area (Å²) >= 11 is 0. The van der Waals surface area contributed by atoms with Crippen molar-refractivity contribution in [2.24, 2.45) is 5.92 Å². The molecule has 0 saturated carbocycles. The number of hydrogen-bond donors (Lipinski definition) is 1. The maximum absolute atomic E-state index is 12.1. The molecule has 0 aromatic heterocycles. The van der Waals surface area contributed by atoms with Gasteiger partial charge in [0.05, 0.1) is 12.8 Å². The summed E-state index contributed by atoms with van der Waals surface area (Å²) in [6, 6.07) is 6.17. The minimum Gasteiger partial charge on any atom is -0.495 e. The molecule has 1 N–H and O–H groups in total. The van der Waals surface area contributed by atoms with Crippen molar-refractivity contribution in [1.82, 2.24) is 4.90 Å². The molecule has 5 heteroatoms. The maximum atomic E-state index is 12.1. The molecule has 24 heavy (non-hydrogen) atoms. The highest BCUT2D eigenvalue weighted by atomic mass is 16.6. The molecule has 0 aliphatic carbocycles. The Morgan fingerprint density at radius 3 is 2.54 bits per heavy atom. The van der Waals surface area contributed by atoms with Gasteiger partial charge in [0, 0.05) is 19.6 Å². The first-order valence-electron chi connectivity index (χ1n) is 8.65. The normalized spacial score (nSPS) is 16.0. The van der Waals surface area contributed by atoms with E-state index < -0.39 is 5.60 Å². The van der Waals surface area contributed by atoms with E-state index in [4.69, 9.17) is 9.47 Å².